The van der Waals surface area contributed by atoms with Gasteiger partial charge in [-0.25, -0.2) is 9.97 Å². The Bertz CT molecular complexity index is 1010. The fourth-order valence-electron chi connectivity index (χ4n) is 4.22. The molecule has 0 radical (unpaired) electrons. The zero-order valence-corrected chi connectivity index (χ0v) is 16.4. The van der Waals surface area contributed by atoms with Crippen molar-refractivity contribution in [3.8, 4) is 0 Å². The van der Waals surface area contributed by atoms with Gasteiger partial charge in [0.05, 0.1) is 11.6 Å². The summed E-state index contributed by atoms with van der Waals surface area (Å²) in [6, 6.07) is 9.90. The number of rotatable bonds is 6. The second kappa shape index (κ2) is 7.62. The molecular formula is C22H26N4O2. The van der Waals surface area contributed by atoms with Gasteiger partial charge in [-0.15, -0.1) is 0 Å². The Morgan fingerprint density at radius 3 is 2.75 bits per heavy atom. The summed E-state index contributed by atoms with van der Waals surface area (Å²) >= 11 is 0. The van der Waals surface area contributed by atoms with Gasteiger partial charge in [0.25, 0.3) is 0 Å². The molecule has 1 unspecified atom stereocenters. The number of aromatic nitrogens is 3. The third-order valence-corrected chi connectivity index (χ3v) is 5.50. The van der Waals surface area contributed by atoms with E-state index in [0.717, 1.165) is 66.2 Å². The number of anilines is 2. The maximum Gasteiger partial charge on any atom is 0.311 e. The van der Waals surface area contributed by atoms with E-state index in [9.17, 15) is 9.90 Å². The molecular weight excluding hydrogens is 352 g/mol. The van der Waals surface area contributed by atoms with Gasteiger partial charge in [0.2, 0.25) is 0 Å². The topological polar surface area (TPSA) is 80.0 Å². The van der Waals surface area contributed by atoms with E-state index < -0.39 is 11.9 Å². The summed E-state index contributed by atoms with van der Waals surface area (Å²) in [6.07, 6.45) is 4.54. The molecule has 0 bridgehead atoms. The third-order valence-electron chi connectivity index (χ3n) is 5.50. The fourth-order valence-corrected chi connectivity index (χ4v) is 4.22. The minimum absolute atomic E-state index is 0.577. The van der Waals surface area contributed by atoms with Gasteiger partial charge >= 0.3 is 5.97 Å². The summed E-state index contributed by atoms with van der Waals surface area (Å²) in [5, 5.41) is 13.5. The highest BCUT2D eigenvalue weighted by Gasteiger charge is 2.29. The van der Waals surface area contributed by atoms with Crippen molar-refractivity contribution >= 4 is 28.5 Å². The molecule has 0 aliphatic carbocycles. The molecule has 2 aromatic heterocycles. The van der Waals surface area contributed by atoms with Gasteiger partial charge in [-0.05, 0) is 38.3 Å². The SMILES string of the molecule is CCCC(C(=O)O)c1c(C)nc2nc3n(c2c1Nc1ccccc1)CCCC3. The van der Waals surface area contributed by atoms with Crippen molar-refractivity contribution in [1.82, 2.24) is 14.5 Å². The number of nitrogens with one attached hydrogen (secondary N) is 1. The van der Waals surface area contributed by atoms with Crippen LogP contribution in [0.3, 0.4) is 0 Å². The van der Waals surface area contributed by atoms with Gasteiger partial charge in [0, 0.05) is 29.9 Å². The Balaban J connectivity index is 1.99. The lowest BCUT2D eigenvalue weighted by molar-refractivity contribution is -0.139. The zero-order valence-electron chi connectivity index (χ0n) is 16.4. The van der Waals surface area contributed by atoms with Gasteiger partial charge in [-0.1, -0.05) is 31.5 Å². The van der Waals surface area contributed by atoms with Gasteiger partial charge in [0.15, 0.2) is 5.65 Å². The standard InChI is InChI=1S/C22H26N4O2/c1-3-9-16(22(27)28)18-14(2)23-21-20(26-13-8-7-12-17(26)25-21)19(18)24-15-10-5-4-6-11-15/h4-6,10-11,16H,3,7-9,12-13H2,1-2H3,(H,23,24)(H,27,28). The van der Waals surface area contributed by atoms with E-state index in [1.54, 1.807) is 0 Å². The summed E-state index contributed by atoms with van der Waals surface area (Å²) in [5.74, 6) is -0.354. The summed E-state index contributed by atoms with van der Waals surface area (Å²) < 4.78 is 2.23. The molecule has 0 saturated carbocycles. The lowest BCUT2D eigenvalue weighted by Gasteiger charge is -2.22. The highest BCUT2D eigenvalue weighted by Crippen LogP contribution is 2.39. The highest BCUT2D eigenvalue weighted by atomic mass is 16.4. The van der Waals surface area contributed by atoms with Crippen LogP contribution in [0.1, 0.15) is 55.6 Å². The first-order valence-electron chi connectivity index (χ1n) is 10.0. The van der Waals surface area contributed by atoms with Crippen LogP contribution < -0.4 is 5.32 Å². The monoisotopic (exact) mass is 378 g/mol. The van der Waals surface area contributed by atoms with Crippen LogP contribution >= 0.6 is 0 Å². The van der Waals surface area contributed by atoms with Gasteiger partial charge in [-0.2, -0.15) is 0 Å². The van der Waals surface area contributed by atoms with E-state index in [2.05, 4.69) is 9.88 Å². The van der Waals surface area contributed by atoms with E-state index in [-0.39, 0.29) is 0 Å². The second-order valence-electron chi connectivity index (χ2n) is 7.47. The number of carboxylic acid groups (broad SMARTS) is 1. The minimum atomic E-state index is -0.805. The quantitative estimate of drug-likeness (QED) is 0.645. The van der Waals surface area contributed by atoms with Gasteiger partial charge in [-0.3, -0.25) is 4.79 Å². The molecule has 6 heteroatoms. The van der Waals surface area contributed by atoms with Crippen LogP contribution in [0, 0.1) is 6.92 Å². The lowest BCUT2D eigenvalue weighted by atomic mass is 9.91. The van der Waals surface area contributed by atoms with Crippen molar-refractivity contribution in [1.29, 1.82) is 0 Å². The van der Waals surface area contributed by atoms with Crippen LogP contribution in [-0.4, -0.2) is 25.6 Å². The first kappa shape index (κ1) is 18.5. The van der Waals surface area contributed by atoms with Crippen molar-refractivity contribution in [3.63, 3.8) is 0 Å². The maximum absolute atomic E-state index is 12.1. The number of aryl methyl sites for hydroxylation is 3. The molecule has 0 spiro atoms. The number of aliphatic carboxylic acids is 1. The number of fused-ring (bicyclic) bond motifs is 3. The van der Waals surface area contributed by atoms with E-state index in [1.165, 1.54) is 0 Å². The van der Waals surface area contributed by atoms with Crippen molar-refractivity contribution in [2.75, 3.05) is 5.32 Å². The molecule has 28 heavy (non-hydrogen) atoms. The number of pyridine rings is 1. The Morgan fingerprint density at radius 2 is 2.04 bits per heavy atom. The molecule has 1 atom stereocenters. The molecule has 6 nitrogen and oxygen atoms in total. The number of nitrogens with zero attached hydrogens (tertiary/aromatic N) is 3. The molecule has 0 saturated heterocycles. The molecule has 1 aromatic carbocycles. The Morgan fingerprint density at radius 1 is 1.25 bits per heavy atom. The summed E-state index contributed by atoms with van der Waals surface area (Å²) in [4.78, 5) is 21.6. The van der Waals surface area contributed by atoms with Crippen molar-refractivity contribution in [2.24, 2.45) is 0 Å². The highest BCUT2D eigenvalue weighted by molar-refractivity contribution is 5.94. The summed E-state index contributed by atoms with van der Waals surface area (Å²) in [7, 11) is 0. The van der Waals surface area contributed by atoms with Crippen molar-refractivity contribution in [2.45, 2.75) is 58.4 Å². The normalized spacial score (nSPS) is 14.6. The largest absolute Gasteiger partial charge is 0.481 e. The zero-order chi connectivity index (χ0) is 19.7. The average molecular weight is 378 g/mol. The Hall–Kier alpha value is -2.89. The molecule has 0 amide bonds. The first-order valence-corrected chi connectivity index (χ1v) is 10.0. The number of imidazole rings is 1. The number of hydrogen-bond acceptors (Lipinski definition) is 4. The van der Waals surface area contributed by atoms with E-state index in [0.29, 0.717) is 12.1 Å². The molecule has 1 aliphatic rings. The Kier molecular flexibility index (Phi) is 5.03. The Labute approximate surface area is 164 Å². The average Bonchev–Trinajstić information content (AvgIpc) is 3.05. The van der Waals surface area contributed by atoms with Crippen LogP contribution in [0.5, 0.6) is 0 Å². The van der Waals surface area contributed by atoms with Crippen molar-refractivity contribution < 1.29 is 9.90 Å². The number of carboxylic acids is 1. The predicted octanol–water partition coefficient (Wildman–Crippen LogP) is 4.79. The fraction of sp³-hybridized carbons (Fsp3) is 0.409. The van der Waals surface area contributed by atoms with E-state index >= 15 is 0 Å². The van der Waals surface area contributed by atoms with E-state index in [1.807, 2.05) is 44.2 Å². The molecule has 3 heterocycles. The van der Waals surface area contributed by atoms with Crippen molar-refractivity contribution in [3.05, 3.63) is 47.4 Å². The summed E-state index contributed by atoms with van der Waals surface area (Å²) in [6.45, 7) is 4.81. The molecule has 2 N–H and O–H groups in total. The van der Waals surface area contributed by atoms with Crippen LogP contribution in [-0.2, 0) is 17.8 Å². The molecule has 0 fully saturated rings. The number of para-hydroxylation sites is 1. The van der Waals surface area contributed by atoms with Crippen LogP contribution in [0.2, 0.25) is 0 Å². The number of carbonyl (C=O) groups is 1. The third kappa shape index (κ3) is 3.23. The van der Waals surface area contributed by atoms with Crippen LogP contribution in [0.25, 0.3) is 11.2 Å². The number of benzene rings is 1. The summed E-state index contributed by atoms with van der Waals surface area (Å²) in [5.41, 5.74) is 4.93. The molecule has 3 aromatic rings. The molecule has 1 aliphatic heterocycles. The van der Waals surface area contributed by atoms with Crippen LogP contribution in [0.4, 0.5) is 11.4 Å². The van der Waals surface area contributed by atoms with Crippen LogP contribution in [0.15, 0.2) is 30.3 Å². The predicted molar refractivity (Wildman–Crippen MR) is 110 cm³/mol. The van der Waals surface area contributed by atoms with E-state index in [4.69, 9.17) is 9.97 Å². The first-order chi connectivity index (χ1) is 13.6. The maximum atomic E-state index is 12.1. The second-order valence-corrected chi connectivity index (χ2v) is 7.47. The number of hydrogen-bond donors (Lipinski definition) is 2. The lowest BCUT2D eigenvalue weighted by Crippen LogP contribution is -2.17. The smallest absolute Gasteiger partial charge is 0.311 e. The minimum Gasteiger partial charge on any atom is -0.481 e. The van der Waals surface area contributed by atoms with Gasteiger partial charge < -0.3 is 15.0 Å². The molecule has 4 rings (SSSR count). The molecule has 146 valence electrons. The van der Waals surface area contributed by atoms with Gasteiger partial charge in [0.1, 0.15) is 11.3 Å².